The SMILES string of the molecule is C=CCNC=O.CC.CC.CC(=O)C(CC1CC1)NC(=O)C1CCCN1C(=O)CNC(=O)C(NC(=O)NC(C)(C)C)C1(C)CCCCC1.CC(C)C.CCC. The van der Waals surface area contributed by atoms with Crippen molar-refractivity contribution in [1.29, 1.82) is 0 Å². The number of nitrogens with zero attached hydrogens (tertiary/aromatic N) is 1. The van der Waals surface area contributed by atoms with Crippen molar-refractivity contribution in [2.24, 2.45) is 17.3 Å². The molecule has 1 heterocycles. The van der Waals surface area contributed by atoms with Crippen LogP contribution in [0.15, 0.2) is 12.7 Å². The number of amides is 6. The molecule has 0 aromatic carbocycles. The van der Waals surface area contributed by atoms with Gasteiger partial charge in [-0.05, 0) is 77.0 Å². The van der Waals surface area contributed by atoms with Gasteiger partial charge in [0.15, 0.2) is 5.78 Å². The monoisotopic (exact) mass is 781 g/mol. The number of carbonyl (C=O) groups is 6. The van der Waals surface area contributed by atoms with Crippen LogP contribution in [0.1, 0.15) is 168 Å². The van der Waals surface area contributed by atoms with E-state index in [0.717, 1.165) is 50.9 Å². The van der Waals surface area contributed by atoms with Crippen LogP contribution in [0.2, 0.25) is 0 Å². The minimum absolute atomic E-state index is 0.0707. The molecule has 0 aromatic heterocycles. The molecule has 0 radical (unpaired) electrons. The Hall–Kier alpha value is -3.44. The maximum absolute atomic E-state index is 13.4. The molecule has 3 rings (SSSR count). The third kappa shape index (κ3) is 26.9. The highest BCUT2D eigenvalue weighted by atomic mass is 16.2. The maximum atomic E-state index is 13.4. The molecular formula is C43H84N6O6. The molecule has 0 aromatic rings. The number of hydrogen-bond donors (Lipinski definition) is 5. The van der Waals surface area contributed by atoms with Crippen LogP contribution in [0.25, 0.3) is 0 Å². The molecule has 6 amide bonds. The smallest absolute Gasteiger partial charge is 0.315 e. The van der Waals surface area contributed by atoms with Gasteiger partial charge in [-0.1, -0.05) is 114 Å². The quantitative estimate of drug-likeness (QED) is 0.0740. The second kappa shape index (κ2) is 31.7. The molecule has 0 bridgehead atoms. The highest BCUT2D eigenvalue weighted by Crippen LogP contribution is 2.39. The number of hydrogen-bond acceptors (Lipinski definition) is 6. The van der Waals surface area contributed by atoms with E-state index in [1.54, 1.807) is 6.08 Å². The van der Waals surface area contributed by atoms with Gasteiger partial charge in [-0.3, -0.25) is 24.0 Å². The van der Waals surface area contributed by atoms with Crippen molar-refractivity contribution in [2.75, 3.05) is 19.6 Å². The molecule has 2 saturated carbocycles. The van der Waals surface area contributed by atoms with Crippen LogP contribution in [-0.2, 0) is 24.0 Å². The van der Waals surface area contributed by atoms with E-state index in [-0.39, 0.29) is 24.1 Å². The summed E-state index contributed by atoms with van der Waals surface area (Å²) >= 11 is 0. The first-order valence-corrected chi connectivity index (χ1v) is 21.1. The average Bonchev–Trinajstić information content (AvgIpc) is 3.80. The summed E-state index contributed by atoms with van der Waals surface area (Å²) in [6, 6.07) is -2.37. The Morgan fingerprint density at radius 2 is 1.42 bits per heavy atom. The second-order valence-corrected chi connectivity index (χ2v) is 16.1. The van der Waals surface area contributed by atoms with E-state index >= 15 is 0 Å². The summed E-state index contributed by atoms with van der Waals surface area (Å²) in [6.07, 6.45) is 12.2. The fraction of sp³-hybridized carbons (Fsp3) is 0.814. The van der Waals surface area contributed by atoms with E-state index in [0.29, 0.717) is 44.7 Å². The molecule has 3 fully saturated rings. The van der Waals surface area contributed by atoms with Crippen LogP contribution in [-0.4, -0.2) is 84.1 Å². The minimum Gasteiger partial charge on any atom is -0.355 e. The number of urea groups is 1. The van der Waals surface area contributed by atoms with Crippen molar-refractivity contribution < 1.29 is 28.8 Å². The van der Waals surface area contributed by atoms with Gasteiger partial charge in [-0.15, -0.1) is 6.58 Å². The summed E-state index contributed by atoms with van der Waals surface area (Å²) in [7, 11) is 0. The number of rotatable bonds is 13. The Kier molecular flexibility index (Phi) is 32.2. The van der Waals surface area contributed by atoms with E-state index < -0.39 is 41.0 Å². The Morgan fingerprint density at radius 1 is 0.891 bits per heavy atom. The van der Waals surface area contributed by atoms with Crippen molar-refractivity contribution in [2.45, 2.75) is 191 Å². The molecule has 55 heavy (non-hydrogen) atoms. The Labute approximate surface area is 336 Å². The largest absolute Gasteiger partial charge is 0.355 e. The van der Waals surface area contributed by atoms with Crippen LogP contribution >= 0.6 is 0 Å². The molecule has 3 aliphatic rings. The topological polar surface area (TPSA) is 166 Å². The highest BCUT2D eigenvalue weighted by molar-refractivity contribution is 5.94. The zero-order valence-corrected chi connectivity index (χ0v) is 37.5. The third-order valence-corrected chi connectivity index (χ3v) is 8.43. The van der Waals surface area contributed by atoms with E-state index in [1.165, 1.54) is 18.2 Å². The van der Waals surface area contributed by atoms with E-state index in [1.807, 2.05) is 55.4 Å². The molecular weight excluding hydrogens is 697 g/mol. The maximum Gasteiger partial charge on any atom is 0.315 e. The molecule has 0 spiro atoms. The third-order valence-electron chi connectivity index (χ3n) is 8.43. The molecule has 3 unspecified atom stereocenters. The zero-order valence-electron chi connectivity index (χ0n) is 37.5. The molecule has 5 N–H and O–H groups in total. The lowest BCUT2D eigenvalue weighted by Gasteiger charge is -2.40. The lowest BCUT2D eigenvalue weighted by molar-refractivity contribution is -0.140. The van der Waals surface area contributed by atoms with Crippen LogP contribution in [0, 0.1) is 17.3 Å². The van der Waals surface area contributed by atoms with Crippen molar-refractivity contribution in [3.63, 3.8) is 0 Å². The molecule has 2 aliphatic carbocycles. The predicted octanol–water partition coefficient (Wildman–Crippen LogP) is 7.45. The summed E-state index contributed by atoms with van der Waals surface area (Å²) in [6.45, 7) is 32.0. The van der Waals surface area contributed by atoms with E-state index in [2.05, 4.69) is 67.8 Å². The molecule has 12 heteroatoms. The lowest BCUT2D eigenvalue weighted by Crippen LogP contribution is -2.60. The summed E-state index contributed by atoms with van der Waals surface area (Å²) in [4.78, 5) is 75.1. The standard InChI is InChI=1S/C28H47N5O5.C4H7NO.C4H10.C3H8.2C2H6/c1-18(34)20(16-19-11-12-19)30-24(36)21-10-9-15-33(21)22(35)17-29-25(37)23(28(5)13-7-6-8-14-28)31-26(38)32-27(2,3)4;1-2-3-5-4-6;1-4(2)3;1-3-2;2*1-2/h19-21,23H,6-17H2,1-5H3,(H,29,37)(H,30,36)(H2,31,32,38);2,4H,1,3H2,(H,5,6);4H,1-3H3;3H2,1-2H3;2*1-2H3. The minimum atomic E-state index is -0.783. The normalized spacial score (nSPS) is 17.6. The molecule has 3 atom stereocenters. The Balaban J connectivity index is -0.00000135. The van der Waals surface area contributed by atoms with Gasteiger partial charge in [0.2, 0.25) is 24.1 Å². The van der Waals surface area contributed by atoms with Crippen LogP contribution in [0.4, 0.5) is 4.79 Å². The summed E-state index contributed by atoms with van der Waals surface area (Å²) in [5.41, 5.74) is -0.875. The van der Waals surface area contributed by atoms with Crippen LogP contribution < -0.4 is 26.6 Å². The highest BCUT2D eigenvalue weighted by Gasteiger charge is 2.42. The van der Waals surface area contributed by atoms with E-state index in [4.69, 9.17) is 0 Å². The summed E-state index contributed by atoms with van der Waals surface area (Å²) in [5.74, 6) is 0.200. The summed E-state index contributed by atoms with van der Waals surface area (Å²) < 4.78 is 0. The van der Waals surface area contributed by atoms with E-state index in [9.17, 15) is 28.8 Å². The number of likely N-dealkylation sites (tertiary alicyclic amines) is 1. The Bertz CT molecular complexity index is 1080. The van der Waals surface area contributed by atoms with Gasteiger partial charge in [0.1, 0.15) is 12.1 Å². The van der Waals surface area contributed by atoms with Gasteiger partial charge in [0, 0.05) is 18.6 Å². The van der Waals surface area contributed by atoms with Crippen LogP contribution in [0.5, 0.6) is 0 Å². The van der Waals surface area contributed by atoms with Crippen molar-refractivity contribution in [3.8, 4) is 0 Å². The molecule has 1 saturated heterocycles. The first-order chi connectivity index (χ1) is 25.8. The predicted molar refractivity (Wildman–Crippen MR) is 228 cm³/mol. The molecule has 12 nitrogen and oxygen atoms in total. The first kappa shape index (κ1) is 55.9. The second-order valence-electron chi connectivity index (χ2n) is 16.1. The lowest BCUT2D eigenvalue weighted by atomic mass is 9.70. The van der Waals surface area contributed by atoms with Crippen molar-refractivity contribution in [1.82, 2.24) is 31.5 Å². The number of Topliss-reactive ketones (excluding diaryl/α,β-unsaturated/α-hetero) is 1. The van der Waals surface area contributed by atoms with Gasteiger partial charge in [-0.2, -0.15) is 0 Å². The number of nitrogens with one attached hydrogen (secondary N) is 5. The van der Waals surface area contributed by atoms with Gasteiger partial charge >= 0.3 is 6.03 Å². The van der Waals surface area contributed by atoms with Crippen molar-refractivity contribution in [3.05, 3.63) is 12.7 Å². The molecule has 1 aliphatic heterocycles. The number of carbonyl (C=O) groups excluding carboxylic acids is 6. The summed E-state index contributed by atoms with van der Waals surface area (Å²) in [5, 5.41) is 13.7. The fourth-order valence-electron chi connectivity index (χ4n) is 5.83. The van der Waals surface area contributed by atoms with Gasteiger partial charge in [0.25, 0.3) is 0 Å². The fourth-order valence-corrected chi connectivity index (χ4v) is 5.83. The zero-order chi connectivity index (χ0) is 43.2. The van der Waals surface area contributed by atoms with Gasteiger partial charge in [0.05, 0.1) is 12.6 Å². The van der Waals surface area contributed by atoms with Crippen molar-refractivity contribution >= 4 is 35.9 Å². The number of ketones is 1. The van der Waals surface area contributed by atoms with Gasteiger partial charge < -0.3 is 31.5 Å². The van der Waals surface area contributed by atoms with Gasteiger partial charge in [-0.25, -0.2) is 4.79 Å². The van der Waals surface area contributed by atoms with Crippen LogP contribution in [0.3, 0.4) is 0 Å². The Morgan fingerprint density at radius 3 is 1.84 bits per heavy atom. The first-order valence-electron chi connectivity index (χ1n) is 21.1. The molecule has 322 valence electrons. The average molecular weight is 781 g/mol.